The molecule has 0 saturated carbocycles. The normalized spacial score (nSPS) is 21.7. The van der Waals surface area contributed by atoms with E-state index in [2.05, 4.69) is 10.2 Å². The molecule has 0 aromatic heterocycles. The second-order valence-electron chi connectivity index (χ2n) is 4.60. The van der Waals surface area contributed by atoms with Crippen LogP contribution in [0.25, 0.3) is 0 Å². The van der Waals surface area contributed by atoms with Gasteiger partial charge in [-0.15, -0.1) is 0 Å². The van der Waals surface area contributed by atoms with Crippen molar-refractivity contribution in [1.82, 2.24) is 10.2 Å². The number of likely N-dealkylation sites (tertiary alicyclic amines) is 1. The molecule has 17 heavy (non-hydrogen) atoms. The molecule has 94 valence electrons. The van der Waals surface area contributed by atoms with Gasteiger partial charge in [-0.05, 0) is 50.2 Å². The highest BCUT2D eigenvalue weighted by Gasteiger charge is 2.19. The minimum absolute atomic E-state index is 0.599. The number of nitrogens with one attached hydrogen (secondary N) is 1. The van der Waals surface area contributed by atoms with Crippen LogP contribution in [-0.2, 0) is 6.54 Å². The van der Waals surface area contributed by atoms with Crippen LogP contribution < -0.4 is 5.32 Å². The first-order valence-corrected chi connectivity index (χ1v) is 6.78. The third-order valence-electron chi connectivity index (χ3n) is 3.32. The van der Waals surface area contributed by atoms with E-state index in [1.165, 1.54) is 12.8 Å². The summed E-state index contributed by atoms with van der Waals surface area (Å²) < 4.78 is 0. The first kappa shape index (κ1) is 13.2. The SMILES string of the molecule is CNC1CCCN(Cc2cc(Cl)ccc2Cl)C1. The Hall–Kier alpha value is -0.280. The number of halogens is 2. The van der Waals surface area contributed by atoms with E-state index >= 15 is 0 Å². The van der Waals surface area contributed by atoms with Crippen molar-refractivity contribution in [2.45, 2.75) is 25.4 Å². The number of hydrogen-bond acceptors (Lipinski definition) is 2. The highest BCUT2D eigenvalue weighted by Crippen LogP contribution is 2.23. The average molecular weight is 273 g/mol. The summed E-state index contributed by atoms with van der Waals surface area (Å²) in [5.74, 6) is 0. The van der Waals surface area contributed by atoms with Crippen LogP contribution >= 0.6 is 23.2 Å². The number of benzene rings is 1. The van der Waals surface area contributed by atoms with E-state index < -0.39 is 0 Å². The van der Waals surface area contributed by atoms with Gasteiger partial charge in [-0.25, -0.2) is 0 Å². The molecule has 1 fully saturated rings. The fourth-order valence-corrected chi connectivity index (χ4v) is 2.71. The molecule has 1 unspecified atom stereocenters. The summed E-state index contributed by atoms with van der Waals surface area (Å²) in [6, 6.07) is 6.27. The molecule has 0 radical (unpaired) electrons. The number of rotatable bonds is 3. The Morgan fingerprint density at radius 1 is 1.41 bits per heavy atom. The van der Waals surface area contributed by atoms with Gasteiger partial charge in [0.25, 0.3) is 0 Å². The zero-order chi connectivity index (χ0) is 12.3. The maximum Gasteiger partial charge on any atom is 0.0452 e. The van der Waals surface area contributed by atoms with Gasteiger partial charge in [0.2, 0.25) is 0 Å². The van der Waals surface area contributed by atoms with Gasteiger partial charge >= 0.3 is 0 Å². The minimum Gasteiger partial charge on any atom is -0.316 e. The lowest BCUT2D eigenvalue weighted by molar-refractivity contribution is 0.188. The predicted octanol–water partition coefficient (Wildman–Crippen LogP) is 3.18. The number of hydrogen-bond donors (Lipinski definition) is 1. The summed E-state index contributed by atoms with van der Waals surface area (Å²) in [5.41, 5.74) is 1.12. The summed E-state index contributed by atoms with van der Waals surface area (Å²) in [4.78, 5) is 2.43. The van der Waals surface area contributed by atoms with Crippen LogP contribution in [0.5, 0.6) is 0 Å². The smallest absolute Gasteiger partial charge is 0.0452 e. The van der Waals surface area contributed by atoms with Gasteiger partial charge < -0.3 is 5.32 Å². The quantitative estimate of drug-likeness (QED) is 0.910. The molecule has 1 aromatic rings. The molecular weight excluding hydrogens is 255 g/mol. The molecule has 0 spiro atoms. The summed E-state index contributed by atoms with van der Waals surface area (Å²) in [6.45, 7) is 3.11. The van der Waals surface area contributed by atoms with Crippen molar-refractivity contribution >= 4 is 23.2 Å². The van der Waals surface area contributed by atoms with Crippen molar-refractivity contribution in [3.63, 3.8) is 0 Å². The predicted molar refractivity (Wildman–Crippen MR) is 73.8 cm³/mol. The molecule has 2 rings (SSSR count). The third-order valence-corrected chi connectivity index (χ3v) is 3.92. The van der Waals surface area contributed by atoms with Gasteiger partial charge in [0.05, 0.1) is 0 Å². The second-order valence-corrected chi connectivity index (χ2v) is 5.44. The van der Waals surface area contributed by atoms with Crippen LogP contribution in [0, 0.1) is 0 Å². The van der Waals surface area contributed by atoms with Gasteiger partial charge in [0.15, 0.2) is 0 Å². The maximum atomic E-state index is 6.18. The lowest BCUT2D eigenvalue weighted by atomic mass is 10.1. The zero-order valence-electron chi connectivity index (χ0n) is 10.0. The van der Waals surface area contributed by atoms with E-state index in [9.17, 15) is 0 Å². The third kappa shape index (κ3) is 3.59. The fraction of sp³-hybridized carbons (Fsp3) is 0.538. The zero-order valence-corrected chi connectivity index (χ0v) is 11.6. The lowest BCUT2D eigenvalue weighted by Crippen LogP contribution is -2.43. The summed E-state index contributed by atoms with van der Waals surface area (Å²) >= 11 is 12.2. The molecule has 1 saturated heterocycles. The molecule has 2 nitrogen and oxygen atoms in total. The standard InChI is InChI=1S/C13H18Cl2N2/c1-16-12-3-2-6-17(9-12)8-10-7-11(14)4-5-13(10)15/h4-5,7,12,16H,2-3,6,8-9H2,1H3. The molecule has 0 aliphatic carbocycles. The van der Waals surface area contributed by atoms with Crippen molar-refractivity contribution in [3.05, 3.63) is 33.8 Å². The molecular formula is C13H18Cl2N2. The second kappa shape index (κ2) is 6.05. The Labute approximate surface area is 113 Å². The topological polar surface area (TPSA) is 15.3 Å². The van der Waals surface area contributed by atoms with Gasteiger partial charge in [0, 0.05) is 29.2 Å². The molecule has 1 aliphatic rings. The van der Waals surface area contributed by atoms with Crippen LogP contribution in [-0.4, -0.2) is 31.1 Å². The van der Waals surface area contributed by atoms with E-state index in [0.717, 1.165) is 35.2 Å². The molecule has 1 atom stereocenters. The highest BCUT2D eigenvalue weighted by atomic mass is 35.5. The summed E-state index contributed by atoms with van der Waals surface area (Å²) in [6.07, 6.45) is 2.50. The van der Waals surface area contributed by atoms with Crippen LogP contribution in [0.3, 0.4) is 0 Å². The van der Waals surface area contributed by atoms with Crippen molar-refractivity contribution < 1.29 is 0 Å². The van der Waals surface area contributed by atoms with Crippen molar-refractivity contribution in [2.75, 3.05) is 20.1 Å². The van der Waals surface area contributed by atoms with E-state index in [0.29, 0.717) is 6.04 Å². The largest absolute Gasteiger partial charge is 0.316 e. The highest BCUT2D eigenvalue weighted by molar-refractivity contribution is 6.33. The van der Waals surface area contributed by atoms with Gasteiger partial charge in [-0.1, -0.05) is 23.2 Å². The van der Waals surface area contributed by atoms with Crippen LogP contribution in [0.2, 0.25) is 10.0 Å². The summed E-state index contributed by atoms with van der Waals surface area (Å²) in [5, 5.41) is 4.91. The van der Waals surface area contributed by atoms with E-state index in [1.54, 1.807) is 0 Å². The fourth-order valence-electron chi connectivity index (χ4n) is 2.34. The van der Waals surface area contributed by atoms with Crippen LogP contribution in [0.1, 0.15) is 18.4 Å². The molecule has 1 N–H and O–H groups in total. The Bertz CT molecular complexity index is 382. The average Bonchev–Trinajstić information content (AvgIpc) is 2.34. The molecule has 0 bridgehead atoms. The number of nitrogens with zero attached hydrogens (tertiary/aromatic N) is 1. The van der Waals surface area contributed by atoms with Crippen LogP contribution in [0.15, 0.2) is 18.2 Å². The van der Waals surface area contributed by atoms with Crippen molar-refractivity contribution in [3.8, 4) is 0 Å². The van der Waals surface area contributed by atoms with Gasteiger partial charge in [-0.3, -0.25) is 4.90 Å². The van der Waals surface area contributed by atoms with E-state index in [1.807, 2.05) is 25.2 Å². The Balaban J connectivity index is 2.02. The molecule has 0 amide bonds. The monoisotopic (exact) mass is 272 g/mol. The molecule has 4 heteroatoms. The van der Waals surface area contributed by atoms with Gasteiger partial charge in [-0.2, -0.15) is 0 Å². The Morgan fingerprint density at radius 3 is 3.00 bits per heavy atom. The number of piperidine rings is 1. The first-order chi connectivity index (χ1) is 8.19. The Kier molecular flexibility index (Phi) is 4.69. The molecule has 1 aromatic carbocycles. The van der Waals surface area contributed by atoms with Crippen molar-refractivity contribution in [2.24, 2.45) is 0 Å². The molecule has 1 aliphatic heterocycles. The Morgan fingerprint density at radius 2 is 2.24 bits per heavy atom. The maximum absolute atomic E-state index is 6.18. The van der Waals surface area contributed by atoms with E-state index in [-0.39, 0.29) is 0 Å². The summed E-state index contributed by atoms with van der Waals surface area (Å²) in [7, 11) is 2.03. The van der Waals surface area contributed by atoms with Crippen molar-refractivity contribution in [1.29, 1.82) is 0 Å². The van der Waals surface area contributed by atoms with E-state index in [4.69, 9.17) is 23.2 Å². The number of likely N-dealkylation sites (N-methyl/N-ethyl adjacent to an activating group) is 1. The first-order valence-electron chi connectivity index (χ1n) is 6.02. The lowest BCUT2D eigenvalue weighted by Gasteiger charge is -2.32. The van der Waals surface area contributed by atoms with Gasteiger partial charge in [0.1, 0.15) is 0 Å². The minimum atomic E-state index is 0.599. The van der Waals surface area contributed by atoms with Crippen LogP contribution in [0.4, 0.5) is 0 Å². The molecule has 1 heterocycles.